The van der Waals surface area contributed by atoms with Gasteiger partial charge in [-0.1, -0.05) is 6.07 Å². The number of likely N-dealkylation sites (tertiary alicyclic amines) is 1. The molecule has 1 aliphatic carbocycles. The summed E-state index contributed by atoms with van der Waals surface area (Å²) in [6.07, 6.45) is 0.686. The number of piperidine rings is 1. The summed E-state index contributed by atoms with van der Waals surface area (Å²) in [5.74, 6) is 1.33. The standard InChI is InChI=1S/C21H26FN3O4/c1-21(11-28-12-21)29-20(27)25-9-17-16(18(17)10-25)4-5-23-19(26)24-7-13-2-3-15(22)6-14(13)8-24/h2-3,6,16-18H,4-5,7-12H2,1H3,(H,23,26)/t16-,17-,18+. The van der Waals surface area contributed by atoms with Crippen LogP contribution in [-0.2, 0) is 22.6 Å². The van der Waals surface area contributed by atoms with Crippen molar-refractivity contribution >= 4 is 12.1 Å². The van der Waals surface area contributed by atoms with E-state index >= 15 is 0 Å². The van der Waals surface area contributed by atoms with Gasteiger partial charge < -0.3 is 24.6 Å². The molecule has 4 aliphatic rings. The van der Waals surface area contributed by atoms with Crippen LogP contribution in [0.3, 0.4) is 0 Å². The zero-order valence-corrected chi connectivity index (χ0v) is 16.5. The molecule has 0 bridgehead atoms. The van der Waals surface area contributed by atoms with E-state index < -0.39 is 5.60 Å². The van der Waals surface area contributed by atoms with Gasteiger partial charge in [-0.2, -0.15) is 0 Å². The highest BCUT2D eigenvalue weighted by molar-refractivity contribution is 5.75. The second kappa shape index (κ2) is 6.86. The van der Waals surface area contributed by atoms with E-state index in [1.54, 1.807) is 15.9 Å². The van der Waals surface area contributed by atoms with Gasteiger partial charge >= 0.3 is 12.1 Å². The minimum atomic E-state index is -0.464. The summed E-state index contributed by atoms with van der Waals surface area (Å²) in [5, 5.41) is 2.99. The summed E-state index contributed by atoms with van der Waals surface area (Å²) in [4.78, 5) is 28.2. The number of fused-ring (bicyclic) bond motifs is 2. The van der Waals surface area contributed by atoms with Crippen molar-refractivity contribution in [3.63, 3.8) is 0 Å². The van der Waals surface area contributed by atoms with E-state index in [1.165, 1.54) is 12.1 Å². The first-order valence-corrected chi connectivity index (χ1v) is 10.3. The Morgan fingerprint density at radius 3 is 2.62 bits per heavy atom. The third-order valence-corrected chi connectivity index (χ3v) is 6.71. The van der Waals surface area contributed by atoms with E-state index in [9.17, 15) is 14.0 Å². The van der Waals surface area contributed by atoms with Crippen LogP contribution in [0.15, 0.2) is 18.2 Å². The van der Waals surface area contributed by atoms with Crippen LogP contribution >= 0.6 is 0 Å². The van der Waals surface area contributed by atoms with Gasteiger partial charge in [0.15, 0.2) is 5.60 Å². The molecule has 1 aromatic carbocycles. The lowest BCUT2D eigenvalue weighted by atomic mass is 10.1. The Morgan fingerprint density at radius 1 is 1.21 bits per heavy atom. The van der Waals surface area contributed by atoms with Crippen molar-refractivity contribution in [2.75, 3.05) is 32.8 Å². The van der Waals surface area contributed by atoms with Gasteiger partial charge in [0.25, 0.3) is 0 Å². The first-order valence-electron chi connectivity index (χ1n) is 10.3. The largest absolute Gasteiger partial charge is 0.438 e. The van der Waals surface area contributed by atoms with Crippen LogP contribution in [0.1, 0.15) is 24.5 Å². The fourth-order valence-corrected chi connectivity index (χ4v) is 4.91. The normalized spacial score (nSPS) is 28.4. The highest BCUT2D eigenvalue weighted by Gasteiger charge is 2.56. The third kappa shape index (κ3) is 3.54. The summed E-state index contributed by atoms with van der Waals surface area (Å²) in [6.45, 7) is 5.92. The van der Waals surface area contributed by atoms with Crippen LogP contribution < -0.4 is 5.32 Å². The van der Waals surface area contributed by atoms with Gasteiger partial charge in [0.1, 0.15) is 5.82 Å². The number of carbonyl (C=O) groups is 2. The monoisotopic (exact) mass is 403 g/mol. The molecule has 1 aromatic rings. The van der Waals surface area contributed by atoms with Crippen molar-refractivity contribution in [3.05, 3.63) is 35.1 Å². The molecular weight excluding hydrogens is 377 g/mol. The summed E-state index contributed by atoms with van der Waals surface area (Å²) < 4.78 is 24.0. The van der Waals surface area contributed by atoms with E-state index in [0.29, 0.717) is 50.6 Å². The third-order valence-electron chi connectivity index (χ3n) is 6.71. The number of halogens is 1. The molecule has 0 spiro atoms. The Hall–Kier alpha value is -2.35. The van der Waals surface area contributed by atoms with Crippen molar-refractivity contribution in [1.82, 2.24) is 15.1 Å². The molecule has 156 valence electrons. The number of ether oxygens (including phenoxy) is 2. The first-order chi connectivity index (χ1) is 13.9. The Kier molecular flexibility index (Phi) is 4.42. The van der Waals surface area contributed by atoms with Gasteiger partial charge in [0.05, 0.1) is 13.2 Å². The molecule has 3 heterocycles. The molecule has 3 fully saturated rings. The summed E-state index contributed by atoms with van der Waals surface area (Å²) >= 11 is 0. The van der Waals surface area contributed by atoms with Gasteiger partial charge in [-0.3, -0.25) is 0 Å². The average Bonchev–Trinajstić information content (AvgIpc) is 3.02. The predicted molar refractivity (Wildman–Crippen MR) is 101 cm³/mol. The summed E-state index contributed by atoms with van der Waals surface area (Å²) in [7, 11) is 0. The van der Waals surface area contributed by atoms with Crippen LogP contribution in [0.4, 0.5) is 14.0 Å². The lowest BCUT2D eigenvalue weighted by molar-refractivity contribution is -0.171. The number of nitrogens with zero attached hydrogens (tertiary/aromatic N) is 2. The SMILES string of the molecule is CC1(OC(=O)N2C[C@@H]3[C@@H](CCNC(=O)N4Cc5ccc(F)cc5C4)[C@@H]3C2)COC1. The molecule has 1 N–H and O–H groups in total. The second-order valence-electron chi connectivity index (χ2n) is 9.00. The lowest BCUT2D eigenvalue weighted by Gasteiger charge is -2.38. The zero-order chi connectivity index (χ0) is 20.2. The van der Waals surface area contributed by atoms with Crippen LogP contribution in [0.5, 0.6) is 0 Å². The molecule has 3 aliphatic heterocycles. The van der Waals surface area contributed by atoms with Crippen LogP contribution in [0.25, 0.3) is 0 Å². The maximum absolute atomic E-state index is 13.3. The molecule has 0 aromatic heterocycles. The highest BCUT2D eigenvalue weighted by Crippen LogP contribution is 2.53. The second-order valence-corrected chi connectivity index (χ2v) is 9.00. The number of hydrogen-bond acceptors (Lipinski definition) is 4. The number of rotatable bonds is 4. The fraction of sp³-hybridized carbons (Fsp3) is 0.619. The Morgan fingerprint density at radius 2 is 1.93 bits per heavy atom. The topological polar surface area (TPSA) is 71.1 Å². The molecule has 0 radical (unpaired) electrons. The first kappa shape index (κ1) is 18.7. The van der Waals surface area contributed by atoms with Crippen molar-refractivity contribution in [2.24, 2.45) is 17.8 Å². The predicted octanol–water partition coefficient (Wildman–Crippen LogP) is 2.34. The van der Waals surface area contributed by atoms with Crippen molar-refractivity contribution < 1.29 is 23.5 Å². The number of carbonyl (C=O) groups excluding carboxylic acids is 2. The Balaban J connectivity index is 1.02. The molecule has 2 saturated heterocycles. The van der Waals surface area contributed by atoms with E-state index in [1.807, 2.05) is 6.92 Å². The number of urea groups is 1. The highest BCUT2D eigenvalue weighted by atomic mass is 19.1. The van der Waals surface area contributed by atoms with E-state index in [0.717, 1.165) is 30.6 Å². The maximum Gasteiger partial charge on any atom is 0.410 e. The van der Waals surface area contributed by atoms with Crippen LogP contribution in [0.2, 0.25) is 0 Å². The van der Waals surface area contributed by atoms with Gasteiger partial charge in [0.2, 0.25) is 0 Å². The summed E-state index contributed by atoms with van der Waals surface area (Å²) in [5.41, 5.74) is 1.42. The molecule has 3 atom stereocenters. The van der Waals surface area contributed by atoms with Gasteiger partial charge in [-0.25, -0.2) is 14.0 Å². The van der Waals surface area contributed by atoms with Gasteiger partial charge in [-0.05, 0) is 54.4 Å². The quantitative estimate of drug-likeness (QED) is 0.838. The van der Waals surface area contributed by atoms with Crippen LogP contribution in [0, 0.1) is 23.6 Å². The van der Waals surface area contributed by atoms with E-state index in [4.69, 9.17) is 9.47 Å². The van der Waals surface area contributed by atoms with Crippen molar-refractivity contribution in [2.45, 2.75) is 32.0 Å². The molecule has 5 rings (SSSR count). The van der Waals surface area contributed by atoms with E-state index in [-0.39, 0.29) is 17.9 Å². The molecule has 3 amide bonds. The fourth-order valence-electron chi connectivity index (χ4n) is 4.91. The average molecular weight is 403 g/mol. The lowest BCUT2D eigenvalue weighted by Crippen LogP contribution is -2.52. The molecular formula is C21H26FN3O4. The molecule has 29 heavy (non-hydrogen) atoms. The molecule has 0 unspecified atom stereocenters. The Bertz CT molecular complexity index is 831. The van der Waals surface area contributed by atoms with Crippen molar-refractivity contribution in [1.29, 1.82) is 0 Å². The van der Waals surface area contributed by atoms with Gasteiger partial charge in [-0.15, -0.1) is 0 Å². The minimum absolute atomic E-state index is 0.103. The molecule has 8 heteroatoms. The smallest absolute Gasteiger partial charge is 0.410 e. The number of benzene rings is 1. The summed E-state index contributed by atoms with van der Waals surface area (Å²) in [6, 6.07) is 4.58. The number of amides is 3. The molecule has 1 saturated carbocycles. The zero-order valence-electron chi connectivity index (χ0n) is 16.5. The number of hydrogen-bond donors (Lipinski definition) is 1. The van der Waals surface area contributed by atoms with Crippen LogP contribution in [-0.4, -0.2) is 60.4 Å². The molecule has 7 nitrogen and oxygen atoms in total. The number of nitrogens with one attached hydrogen (secondary N) is 1. The maximum atomic E-state index is 13.3. The Labute approximate surface area is 169 Å². The van der Waals surface area contributed by atoms with Gasteiger partial charge in [0, 0.05) is 32.7 Å². The van der Waals surface area contributed by atoms with E-state index in [2.05, 4.69) is 5.32 Å². The minimum Gasteiger partial charge on any atom is -0.438 e. The van der Waals surface area contributed by atoms with Crippen molar-refractivity contribution in [3.8, 4) is 0 Å².